The van der Waals surface area contributed by atoms with Crippen molar-refractivity contribution in [1.29, 1.82) is 0 Å². The molecule has 0 unspecified atom stereocenters. The highest BCUT2D eigenvalue weighted by molar-refractivity contribution is 6.09. The molecule has 2 N–H and O–H groups in total. The van der Waals surface area contributed by atoms with Crippen LogP contribution in [0, 0.1) is 10.1 Å². The van der Waals surface area contributed by atoms with E-state index in [4.69, 9.17) is 0 Å². The van der Waals surface area contributed by atoms with Gasteiger partial charge in [0.2, 0.25) is 0 Å². The molecule has 0 aliphatic carbocycles. The Balaban J connectivity index is 2.37. The number of amides is 1. The maximum absolute atomic E-state index is 12.5. The summed E-state index contributed by atoms with van der Waals surface area (Å²) in [7, 11) is 0. The number of hydrogen-bond donors (Lipinski definition) is 2. The molecule has 7 heteroatoms. The Morgan fingerprint density at radius 3 is 2.50 bits per heavy atom. The van der Waals surface area contributed by atoms with Gasteiger partial charge in [-0.05, 0) is 18.6 Å². The number of carboxylic acids is 1. The molecule has 0 saturated carbocycles. The summed E-state index contributed by atoms with van der Waals surface area (Å²) in [5, 5.41) is 23.6. The predicted octanol–water partition coefficient (Wildman–Crippen LogP) is 3.12. The van der Waals surface area contributed by atoms with E-state index in [2.05, 4.69) is 5.32 Å². The van der Waals surface area contributed by atoms with E-state index >= 15 is 0 Å². The minimum Gasteiger partial charge on any atom is -0.480 e. The zero-order valence-corrected chi connectivity index (χ0v) is 13.2. The summed E-state index contributed by atoms with van der Waals surface area (Å²) >= 11 is 0. The van der Waals surface area contributed by atoms with Crippen LogP contribution in [0.15, 0.2) is 36.4 Å². The number of nitrogens with zero attached hydrogens (tertiary/aromatic N) is 1. The predicted molar refractivity (Wildman–Crippen MR) is 89.0 cm³/mol. The number of carboxylic acid groups (broad SMARTS) is 1. The molecule has 1 atom stereocenters. The highest BCUT2D eigenvalue weighted by atomic mass is 16.6. The van der Waals surface area contributed by atoms with Gasteiger partial charge in [0, 0.05) is 17.0 Å². The van der Waals surface area contributed by atoms with Crippen molar-refractivity contribution in [3.05, 3.63) is 52.1 Å². The van der Waals surface area contributed by atoms with Gasteiger partial charge < -0.3 is 10.4 Å². The third kappa shape index (κ3) is 3.68. The van der Waals surface area contributed by atoms with Gasteiger partial charge >= 0.3 is 5.97 Å². The molecular weight excluding hydrogens is 312 g/mol. The molecule has 2 aromatic rings. The van der Waals surface area contributed by atoms with Crippen molar-refractivity contribution >= 4 is 28.3 Å². The summed E-state index contributed by atoms with van der Waals surface area (Å²) in [5.41, 5.74) is 0.127. The van der Waals surface area contributed by atoms with Crippen LogP contribution < -0.4 is 5.32 Å². The van der Waals surface area contributed by atoms with Crippen LogP contribution in [0.25, 0.3) is 10.8 Å². The van der Waals surface area contributed by atoms with Crippen LogP contribution in [0.2, 0.25) is 0 Å². The molecule has 0 radical (unpaired) electrons. The number of nitro benzene ring substituents is 1. The third-order valence-electron chi connectivity index (χ3n) is 3.79. The number of fused-ring (bicyclic) bond motifs is 1. The van der Waals surface area contributed by atoms with Crippen LogP contribution in [0.3, 0.4) is 0 Å². The largest absolute Gasteiger partial charge is 0.480 e. The normalized spacial score (nSPS) is 11.9. The lowest BCUT2D eigenvalue weighted by atomic mass is 10.0. The van der Waals surface area contributed by atoms with Gasteiger partial charge in [0.1, 0.15) is 6.04 Å². The molecule has 0 aromatic heterocycles. The van der Waals surface area contributed by atoms with Crippen LogP contribution in [-0.4, -0.2) is 27.9 Å². The topological polar surface area (TPSA) is 110 Å². The van der Waals surface area contributed by atoms with Crippen molar-refractivity contribution in [3.63, 3.8) is 0 Å². The number of hydrogen-bond acceptors (Lipinski definition) is 4. The van der Waals surface area contributed by atoms with Crippen LogP contribution in [0.4, 0.5) is 5.69 Å². The smallest absolute Gasteiger partial charge is 0.326 e. The van der Waals surface area contributed by atoms with Crippen molar-refractivity contribution in [1.82, 2.24) is 5.32 Å². The number of nitrogens with one attached hydrogen (secondary N) is 1. The van der Waals surface area contributed by atoms with E-state index in [1.807, 2.05) is 6.92 Å². The fourth-order valence-corrected chi connectivity index (χ4v) is 2.55. The lowest BCUT2D eigenvalue weighted by Gasteiger charge is -2.15. The van der Waals surface area contributed by atoms with Gasteiger partial charge in [0.15, 0.2) is 0 Å². The first kappa shape index (κ1) is 17.4. The van der Waals surface area contributed by atoms with Gasteiger partial charge in [-0.2, -0.15) is 0 Å². The standard InChI is InChI=1S/C17H18N2O5/c1-2-3-9-14(17(21)22)18-16(20)13-8-4-7-12-11(13)6-5-10-15(12)19(23)24/h4-8,10,14H,2-3,9H2,1H3,(H,18,20)(H,21,22)/t14-/m0/s1. The summed E-state index contributed by atoms with van der Waals surface area (Å²) in [4.78, 5) is 34.3. The maximum Gasteiger partial charge on any atom is 0.326 e. The second-order valence-electron chi connectivity index (χ2n) is 5.44. The second-order valence-corrected chi connectivity index (χ2v) is 5.44. The van der Waals surface area contributed by atoms with Gasteiger partial charge in [-0.3, -0.25) is 14.9 Å². The van der Waals surface area contributed by atoms with Gasteiger partial charge in [-0.25, -0.2) is 4.79 Å². The molecule has 7 nitrogen and oxygen atoms in total. The molecule has 2 aromatic carbocycles. The number of non-ortho nitro benzene ring substituents is 1. The average molecular weight is 330 g/mol. The first-order valence-corrected chi connectivity index (χ1v) is 7.65. The number of carbonyl (C=O) groups is 2. The molecule has 2 rings (SSSR count). The van der Waals surface area contributed by atoms with Gasteiger partial charge in [-0.1, -0.05) is 38.0 Å². The Labute approximate surface area is 138 Å². The monoisotopic (exact) mass is 330 g/mol. The van der Waals surface area contributed by atoms with E-state index < -0.39 is 22.8 Å². The Kier molecular flexibility index (Phi) is 5.47. The van der Waals surface area contributed by atoms with Crippen molar-refractivity contribution in [2.75, 3.05) is 0 Å². The van der Waals surface area contributed by atoms with Crippen molar-refractivity contribution in [2.45, 2.75) is 32.2 Å². The Morgan fingerprint density at radius 1 is 1.21 bits per heavy atom. The second kappa shape index (κ2) is 7.54. The number of nitro groups is 1. The summed E-state index contributed by atoms with van der Waals surface area (Å²) in [5.74, 6) is -1.65. The third-order valence-corrected chi connectivity index (χ3v) is 3.79. The molecule has 1 amide bonds. The average Bonchev–Trinajstić information content (AvgIpc) is 2.56. The Hall–Kier alpha value is -2.96. The number of rotatable bonds is 7. The van der Waals surface area contributed by atoms with Crippen molar-refractivity contribution in [2.24, 2.45) is 0 Å². The highest BCUT2D eigenvalue weighted by Gasteiger charge is 2.22. The minimum absolute atomic E-state index is 0.0945. The summed E-state index contributed by atoms with van der Waals surface area (Å²) in [6.07, 6.45) is 1.83. The number of aliphatic carboxylic acids is 1. The van der Waals surface area contributed by atoms with E-state index in [1.165, 1.54) is 18.2 Å². The zero-order valence-electron chi connectivity index (χ0n) is 13.2. The van der Waals surface area contributed by atoms with Crippen molar-refractivity contribution in [3.8, 4) is 0 Å². The summed E-state index contributed by atoms with van der Waals surface area (Å²) in [6, 6.07) is 8.14. The van der Waals surface area contributed by atoms with E-state index in [-0.39, 0.29) is 11.3 Å². The fraction of sp³-hybridized carbons (Fsp3) is 0.294. The lowest BCUT2D eigenvalue weighted by Crippen LogP contribution is -2.40. The Bertz CT molecular complexity index is 788. The van der Waals surface area contributed by atoms with Crippen LogP contribution in [0.1, 0.15) is 36.5 Å². The summed E-state index contributed by atoms with van der Waals surface area (Å²) in [6.45, 7) is 1.94. The fourth-order valence-electron chi connectivity index (χ4n) is 2.55. The zero-order chi connectivity index (χ0) is 17.7. The number of carbonyl (C=O) groups excluding carboxylic acids is 1. The number of unbranched alkanes of at least 4 members (excludes halogenated alkanes) is 1. The van der Waals surface area contributed by atoms with E-state index in [0.717, 1.165) is 6.42 Å². The lowest BCUT2D eigenvalue weighted by molar-refractivity contribution is -0.383. The first-order valence-electron chi connectivity index (χ1n) is 7.65. The van der Waals surface area contributed by atoms with E-state index in [0.29, 0.717) is 23.6 Å². The van der Waals surface area contributed by atoms with E-state index in [1.54, 1.807) is 18.2 Å². The maximum atomic E-state index is 12.5. The Morgan fingerprint density at radius 2 is 1.88 bits per heavy atom. The quantitative estimate of drug-likeness (QED) is 0.598. The summed E-state index contributed by atoms with van der Waals surface area (Å²) < 4.78 is 0. The molecule has 0 heterocycles. The minimum atomic E-state index is -1.09. The van der Waals surface area contributed by atoms with Crippen molar-refractivity contribution < 1.29 is 19.6 Å². The highest BCUT2D eigenvalue weighted by Crippen LogP contribution is 2.27. The van der Waals surface area contributed by atoms with Crippen LogP contribution >= 0.6 is 0 Å². The molecule has 0 fully saturated rings. The molecule has 0 bridgehead atoms. The first-order chi connectivity index (χ1) is 11.5. The van der Waals surface area contributed by atoms with Crippen LogP contribution in [-0.2, 0) is 4.79 Å². The van der Waals surface area contributed by atoms with Gasteiger partial charge in [-0.15, -0.1) is 0 Å². The van der Waals surface area contributed by atoms with Gasteiger partial charge in [0.25, 0.3) is 11.6 Å². The van der Waals surface area contributed by atoms with Gasteiger partial charge in [0.05, 0.1) is 10.3 Å². The molecule has 0 spiro atoms. The molecule has 24 heavy (non-hydrogen) atoms. The van der Waals surface area contributed by atoms with Crippen LogP contribution in [0.5, 0.6) is 0 Å². The molecule has 0 saturated heterocycles. The van der Waals surface area contributed by atoms with E-state index in [9.17, 15) is 24.8 Å². The molecule has 0 aliphatic heterocycles. The molecule has 126 valence electrons. The number of benzene rings is 2. The SMILES string of the molecule is CCCC[C@H](NC(=O)c1cccc2c([N+](=O)[O-])cccc12)C(=O)O. The molecule has 0 aliphatic rings. The molecular formula is C17H18N2O5.